The maximum absolute atomic E-state index is 13.8. The number of benzene rings is 1. The minimum Gasteiger partial charge on any atom is -0.493 e. The number of amides is 4. The van der Waals surface area contributed by atoms with Crippen LogP contribution in [0.2, 0.25) is 0 Å². The number of nitrogens with one attached hydrogen (secondary N) is 2. The summed E-state index contributed by atoms with van der Waals surface area (Å²) < 4.78 is 56.5. The zero-order valence-electron chi connectivity index (χ0n) is 16.4. The van der Waals surface area contributed by atoms with Gasteiger partial charge in [-0.1, -0.05) is 6.07 Å². The second-order valence-corrected chi connectivity index (χ2v) is 6.51. The first-order chi connectivity index (χ1) is 14.6. The van der Waals surface area contributed by atoms with Gasteiger partial charge >= 0.3 is 12.2 Å². The first-order valence-corrected chi connectivity index (χ1v) is 8.90. The Balaban J connectivity index is 1.81. The van der Waals surface area contributed by atoms with Gasteiger partial charge in [-0.25, -0.2) is 4.79 Å². The van der Waals surface area contributed by atoms with Gasteiger partial charge in [0.1, 0.15) is 0 Å². The molecule has 1 atom stereocenters. The Bertz CT molecular complexity index is 992. The van der Waals surface area contributed by atoms with Crippen molar-refractivity contribution in [1.82, 2.24) is 15.5 Å². The van der Waals surface area contributed by atoms with Crippen molar-refractivity contribution < 1.29 is 41.4 Å². The number of furan rings is 1. The van der Waals surface area contributed by atoms with Crippen molar-refractivity contribution >= 4 is 17.8 Å². The minimum absolute atomic E-state index is 0.0413. The van der Waals surface area contributed by atoms with Gasteiger partial charge < -0.3 is 19.2 Å². The normalized spacial score (nSPS) is 18.7. The van der Waals surface area contributed by atoms with E-state index in [9.17, 15) is 27.6 Å². The van der Waals surface area contributed by atoms with Crippen LogP contribution in [0.4, 0.5) is 18.0 Å². The SMILES string of the molecule is COc1ccc(CCN2C(=O)N[C@@](NC(=O)c3ccco3)(C(F)(F)F)C2=O)cc1OC. The molecule has 2 heterocycles. The summed E-state index contributed by atoms with van der Waals surface area (Å²) in [5.74, 6) is -2.58. The zero-order valence-corrected chi connectivity index (χ0v) is 16.4. The van der Waals surface area contributed by atoms with Gasteiger partial charge in [-0.05, 0) is 36.2 Å². The Morgan fingerprint density at radius 3 is 2.48 bits per heavy atom. The molecule has 1 aromatic carbocycles. The molecule has 1 aromatic heterocycles. The van der Waals surface area contributed by atoms with Crippen LogP contribution in [-0.4, -0.2) is 55.3 Å². The number of nitrogens with zero attached hydrogens (tertiary/aromatic N) is 1. The predicted octanol–water partition coefficient (Wildman–Crippen LogP) is 2.08. The third-order valence-electron chi connectivity index (χ3n) is 4.65. The third-order valence-corrected chi connectivity index (χ3v) is 4.65. The van der Waals surface area contributed by atoms with E-state index in [0.29, 0.717) is 22.0 Å². The van der Waals surface area contributed by atoms with E-state index in [1.54, 1.807) is 28.8 Å². The Hall–Kier alpha value is -3.70. The first kappa shape index (κ1) is 22.0. The average Bonchev–Trinajstić information content (AvgIpc) is 3.34. The molecular formula is C19H18F3N3O6. The maximum atomic E-state index is 13.8. The fourth-order valence-corrected chi connectivity index (χ4v) is 3.04. The standard InChI is InChI=1S/C19H18F3N3O6/c1-29-12-6-5-11(10-14(12)30-2)7-8-25-16(27)18(19(20,21)22,24-17(25)28)23-15(26)13-4-3-9-31-13/h3-6,9-10H,7-8H2,1-2H3,(H,23,26)(H,24,28)/t18-/m1/s1. The van der Waals surface area contributed by atoms with Crippen LogP contribution in [0, 0.1) is 0 Å². The van der Waals surface area contributed by atoms with E-state index in [1.165, 1.54) is 20.3 Å². The molecule has 31 heavy (non-hydrogen) atoms. The number of halogens is 3. The van der Waals surface area contributed by atoms with Gasteiger partial charge in [-0.2, -0.15) is 13.2 Å². The second kappa shape index (κ2) is 8.20. The molecule has 0 bridgehead atoms. The Labute approximate surface area is 174 Å². The number of alkyl halides is 3. The van der Waals surface area contributed by atoms with Crippen molar-refractivity contribution in [3.8, 4) is 11.5 Å². The lowest BCUT2D eigenvalue weighted by atomic mass is 10.1. The van der Waals surface area contributed by atoms with Crippen LogP contribution in [0.3, 0.4) is 0 Å². The van der Waals surface area contributed by atoms with E-state index in [0.717, 1.165) is 12.3 Å². The highest BCUT2D eigenvalue weighted by Crippen LogP contribution is 2.34. The summed E-state index contributed by atoms with van der Waals surface area (Å²) in [4.78, 5) is 37.4. The number of ether oxygens (including phenoxy) is 2. The van der Waals surface area contributed by atoms with Crippen molar-refractivity contribution in [3.63, 3.8) is 0 Å². The first-order valence-electron chi connectivity index (χ1n) is 8.90. The monoisotopic (exact) mass is 441 g/mol. The Morgan fingerprint density at radius 1 is 1.19 bits per heavy atom. The lowest BCUT2D eigenvalue weighted by Crippen LogP contribution is -2.69. The molecule has 12 heteroatoms. The lowest BCUT2D eigenvalue weighted by molar-refractivity contribution is -0.200. The Morgan fingerprint density at radius 2 is 1.90 bits per heavy atom. The van der Waals surface area contributed by atoms with E-state index in [4.69, 9.17) is 13.9 Å². The molecule has 166 valence electrons. The number of rotatable bonds is 7. The largest absolute Gasteiger partial charge is 0.493 e. The van der Waals surface area contributed by atoms with E-state index < -0.39 is 35.4 Å². The van der Waals surface area contributed by atoms with Crippen LogP contribution in [-0.2, 0) is 11.2 Å². The number of hydrogen-bond donors (Lipinski definition) is 2. The average molecular weight is 441 g/mol. The smallest absolute Gasteiger partial charge is 0.440 e. The molecule has 0 spiro atoms. The molecule has 4 amide bonds. The summed E-state index contributed by atoms with van der Waals surface area (Å²) >= 11 is 0. The van der Waals surface area contributed by atoms with Crippen molar-refractivity contribution in [2.75, 3.05) is 20.8 Å². The van der Waals surface area contributed by atoms with Crippen molar-refractivity contribution in [2.45, 2.75) is 18.3 Å². The fraction of sp³-hybridized carbons (Fsp3) is 0.316. The summed E-state index contributed by atoms with van der Waals surface area (Å²) in [6.45, 7) is -0.366. The van der Waals surface area contributed by atoms with E-state index >= 15 is 0 Å². The van der Waals surface area contributed by atoms with E-state index in [2.05, 4.69) is 0 Å². The van der Waals surface area contributed by atoms with Crippen LogP contribution in [0.1, 0.15) is 16.1 Å². The van der Waals surface area contributed by atoms with Gasteiger partial charge in [0, 0.05) is 6.54 Å². The van der Waals surface area contributed by atoms with Crippen LogP contribution >= 0.6 is 0 Å². The van der Waals surface area contributed by atoms with Gasteiger partial charge in [0.15, 0.2) is 17.3 Å². The molecule has 3 rings (SSSR count). The molecule has 1 saturated heterocycles. The molecule has 2 N–H and O–H groups in total. The molecule has 0 saturated carbocycles. The second-order valence-electron chi connectivity index (χ2n) is 6.51. The molecule has 1 fully saturated rings. The zero-order chi connectivity index (χ0) is 22.8. The van der Waals surface area contributed by atoms with Crippen LogP contribution < -0.4 is 20.1 Å². The number of carbonyl (C=O) groups excluding carboxylic acids is 3. The molecule has 0 radical (unpaired) electrons. The molecule has 1 aliphatic heterocycles. The number of urea groups is 1. The van der Waals surface area contributed by atoms with E-state index in [-0.39, 0.29) is 13.0 Å². The van der Waals surface area contributed by atoms with Crippen molar-refractivity contribution in [3.05, 3.63) is 47.9 Å². The Kier molecular flexibility index (Phi) is 5.82. The fourth-order valence-electron chi connectivity index (χ4n) is 3.04. The number of methoxy groups -OCH3 is 2. The molecule has 0 unspecified atom stereocenters. The summed E-state index contributed by atoms with van der Waals surface area (Å²) in [6, 6.07) is 5.91. The number of hydrogen-bond acceptors (Lipinski definition) is 6. The number of carbonyl (C=O) groups is 3. The van der Waals surface area contributed by atoms with Crippen LogP contribution in [0.5, 0.6) is 11.5 Å². The molecular weight excluding hydrogens is 423 g/mol. The van der Waals surface area contributed by atoms with Crippen LogP contribution in [0.25, 0.3) is 0 Å². The topological polar surface area (TPSA) is 110 Å². The third kappa shape index (κ3) is 4.00. The highest BCUT2D eigenvalue weighted by atomic mass is 19.4. The molecule has 2 aromatic rings. The van der Waals surface area contributed by atoms with Crippen molar-refractivity contribution in [1.29, 1.82) is 0 Å². The maximum Gasteiger partial charge on any atom is 0.440 e. The molecule has 9 nitrogen and oxygen atoms in total. The van der Waals surface area contributed by atoms with Gasteiger partial charge in [0.2, 0.25) is 0 Å². The summed E-state index contributed by atoms with van der Waals surface area (Å²) in [5.41, 5.74) is -3.02. The van der Waals surface area contributed by atoms with E-state index in [1.807, 2.05) is 0 Å². The van der Waals surface area contributed by atoms with Gasteiger partial charge in [-0.15, -0.1) is 0 Å². The minimum atomic E-state index is -5.31. The van der Waals surface area contributed by atoms with Gasteiger partial charge in [0.05, 0.1) is 20.5 Å². The lowest BCUT2D eigenvalue weighted by Gasteiger charge is -2.29. The molecule has 1 aliphatic rings. The summed E-state index contributed by atoms with van der Waals surface area (Å²) in [7, 11) is 2.86. The van der Waals surface area contributed by atoms with Crippen LogP contribution in [0.15, 0.2) is 41.0 Å². The van der Waals surface area contributed by atoms with Gasteiger partial charge in [0.25, 0.3) is 17.5 Å². The quantitative estimate of drug-likeness (QED) is 0.637. The number of imide groups is 1. The van der Waals surface area contributed by atoms with Crippen molar-refractivity contribution in [2.24, 2.45) is 0 Å². The molecule has 0 aliphatic carbocycles. The summed E-state index contributed by atoms with van der Waals surface area (Å²) in [6.07, 6.45) is -4.18. The van der Waals surface area contributed by atoms with Gasteiger partial charge in [-0.3, -0.25) is 19.8 Å². The summed E-state index contributed by atoms with van der Waals surface area (Å²) in [5, 5.41) is 3.13. The highest BCUT2D eigenvalue weighted by Gasteiger charge is 2.68. The predicted molar refractivity (Wildman–Crippen MR) is 98.5 cm³/mol. The highest BCUT2D eigenvalue weighted by molar-refractivity contribution is 6.10.